The third kappa shape index (κ3) is 3.52. The first-order chi connectivity index (χ1) is 9.06. The first kappa shape index (κ1) is 13.5. The second kappa shape index (κ2) is 5.81. The molecule has 98 valence electrons. The van der Waals surface area contributed by atoms with Crippen LogP contribution in [-0.2, 0) is 6.54 Å². The number of nitrogens with one attached hydrogen (secondary N) is 1. The summed E-state index contributed by atoms with van der Waals surface area (Å²) < 4.78 is 0. The summed E-state index contributed by atoms with van der Waals surface area (Å²) in [7, 11) is 0. The predicted octanol–water partition coefficient (Wildman–Crippen LogP) is 2.49. The van der Waals surface area contributed by atoms with Gasteiger partial charge in [0.15, 0.2) is 10.3 Å². The van der Waals surface area contributed by atoms with Crippen LogP contribution in [0.25, 0.3) is 0 Å². The number of halogens is 2. The minimum absolute atomic E-state index is 0.170. The molecule has 0 spiro atoms. The van der Waals surface area contributed by atoms with Crippen LogP contribution in [0.5, 0.6) is 0 Å². The van der Waals surface area contributed by atoms with Crippen LogP contribution in [0.15, 0.2) is 24.4 Å². The summed E-state index contributed by atoms with van der Waals surface area (Å²) in [6.45, 7) is 0.295. The standard InChI is InChI=1S/C11H8Cl2N4O2/c12-9-4-8(10(13)17-16-9)15-5-7-3-6(11(18)19)1-2-14-7/h1-4H,5H2,(H,15,16)(H,18,19). The molecule has 0 unspecified atom stereocenters. The fourth-order valence-corrected chi connectivity index (χ4v) is 1.68. The van der Waals surface area contributed by atoms with Gasteiger partial charge >= 0.3 is 5.97 Å². The van der Waals surface area contributed by atoms with E-state index in [4.69, 9.17) is 28.3 Å². The molecule has 0 aliphatic carbocycles. The fraction of sp³-hybridized carbons (Fsp3) is 0.0909. The molecule has 19 heavy (non-hydrogen) atoms. The van der Waals surface area contributed by atoms with E-state index >= 15 is 0 Å². The highest BCUT2D eigenvalue weighted by Crippen LogP contribution is 2.21. The molecule has 8 heteroatoms. The van der Waals surface area contributed by atoms with Gasteiger partial charge in [-0.25, -0.2) is 4.79 Å². The van der Waals surface area contributed by atoms with Gasteiger partial charge in [-0.3, -0.25) is 4.98 Å². The molecule has 2 N–H and O–H groups in total. The van der Waals surface area contributed by atoms with E-state index in [1.165, 1.54) is 24.4 Å². The zero-order valence-corrected chi connectivity index (χ0v) is 11.0. The maximum atomic E-state index is 10.8. The average molecular weight is 299 g/mol. The van der Waals surface area contributed by atoms with E-state index in [1.54, 1.807) is 0 Å². The van der Waals surface area contributed by atoms with Crippen molar-refractivity contribution in [2.24, 2.45) is 0 Å². The lowest BCUT2D eigenvalue weighted by Gasteiger charge is -2.07. The SMILES string of the molecule is O=C(O)c1ccnc(CNc2cc(Cl)nnc2Cl)c1. The molecular formula is C11H8Cl2N4O2. The molecule has 2 aromatic heterocycles. The minimum Gasteiger partial charge on any atom is -0.478 e. The summed E-state index contributed by atoms with van der Waals surface area (Å²) >= 11 is 11.5. The van der Waals surface area contributed by atoms with Crippen molar-refractivity contribution in [1.82, 2.24) is 15.2 Å². The van der Waals surface area contributed by atoms with E-state index in [-0.39, 0.29) is 15.9 Å². The number of aromatic nitrogens is 3. The Morgan fingerprint density at radius 2 is 2.11 bits per heavy atom. The zero-order valence-electron chi connectivity index (χ0n) is 9.47. The van der Waals surface area contributed by atoms with E-state index < -0.39 is 5.97 Å². The molecule has 2 rings (SSSR count). The number of anilines is 1. The summed E-state index contributed by atoms with van der Waals surface area (Å²) in [5, 5.41) is 19.4. The van der Waals surface area contributed by atoms with Gasteiger partial charge in [-0.2, -0.15) is 0 Å². The number of hydrogen-bond acceptors (Lipinski definition) is 5. The molecule has 0 aliphatic rings. The number of hydrogen-bond donors (Lipinski definition) is 2. The van der Waals surface area contributed by atoms with Gasteiger partial charge in [0.1, 0.15) is 0 Å². The molecule has 2 aromatic rings. The number of nitrogens with zero attached hydrogens (tertiary/aromatic N) is 3. The molecule has 0 saturated carbocycles. The molecule has 0 radical (unpaired) electrons. The van der Waals surface area contributed by atoms with Crippen molar-refractivity contribution in [2.75, 3.05) is 5.32 Å². The van der Waals surface area contributed by atoms with Crippen LogP contribution >= 0.6 is 23.2 Å². The van der Waals surface area contributed by atoms with E-state index in [9.17, 15) is 4.79 Å². The monoisotopic (exact) mass is 298 g/mol. The summed E-state index contributed by atoms with van der Waals surface area (Å²) in [5.74, 6) is -1.00. The van der Waals surface area contributed by atoms with Crippen molar-refractivity contribution < 1.29 is 9.90 Å². The Morgan fingerprint density at radius 1 is 1.32 bits per heavy atom. The Kier molecular flexibility index (Phi) is 4.13. The average Bonchev–Trinajstić information content (AvgIpc) is 2.40. The number of carboxylic acid groups (broad SMARTS) is 1. The van der Waals surface area contributed by atoms with E-state index in [0.717, 1.165) is 0 Å². The lowest BCUT2D eigenvalue weighted by Crippen LogP contribution is -2.05. The van der Waals surface area contributed by atoms with Gasteiger partial charge in [0.25, 0.3) is 0 Å². The van der Waals surface area contributed by atoms with Crippen molar-refractivity contribution in [2.45, 2.75) is 6.54 Å². The maximum Gasteiger partial charge on any atom is 0.335 e. The molecule has 0 amide bonds. The third-order valence-electron chi connectivity index (χ3n) is 2.24. The molecular weight excluding hydrogens is 291 g/mol. The Bertz CT molecular complexity index is 621. The number of pyridine rings is 1. The molecule has 0 aromatic carbocycles. The second-order valence-electron chi connectivity index (χ2n) is 3.57. The topological polar surface area (TPSA) is 88.0 Å². The van der Waals surface area contributed by atoms with E-state index in [0.29, 0.717) is 17.9 Å². The van der Waals surface area contributed by atoms with Gasteiger partial charge < -0.3 is 10.4 Å². The number of aromatic carboxylic acids is 1. The molecule has 0 saturated heterocycles. The first-order valence-corrected chi connectivity index (χ1v) is 5.92. The molecule has 0 bridgehead atoms. The van der Waals surface area contributed by atoms with Gasteiger partial charge in [0, 0.05) is 12.3 Å². The summed E-state index contributed by atoms with van der Waals surface area (Å²) in [6, 6.07) is 4.42. The van der Waals surface area contributed by atoms with Gasteiger partial charge in [-0.05, 0) is 12.1 Å². The van der Waals surface area contributed by atoms with Crippen LogP contribution in [0.4, 0.5) is 5.69 Å². The fourth-order valence-electron chi connectivity index (χ4n) is 1.37. The van der Waals surface area contributed by atoms with Gasteiger partial charge in [0.05, 0.1) is 23.5 Å². The number of carboxylic acids is 1. The molecule has 0 atom stereocenters. The Hall–Kier alpha value is -1.92. The highest BCUT2D eigenvalue weighted by molar-refractivity contribution is 6.33. The van der Waals surface area contributed by atoms with Crippen molar-refractivity contribution in [3.63, 3.8) is 0 Å². The summed E-state index contributed by atoms with van der Waals surface area (Å²) in [4.78, 5) is 14.9. The third-order valence-corrected chi connectivity index (χ3v) is 2.71. The summed E-state index contributed by atoms with van der Waals surface area (Å²) in [5.41, 5.74) is 1.23. The van der Waals surface area contributed by atoms with Gasteiger partial charge in [0.2, 0.25) is 0 Å². The van der Waals surface area contributed by atoms with Crippen molar-refractivity contribution >= 4 is 34.9 Å². The lowest BCUT2D eigenvalue weighted by molar-refractivity contribution is 0.0696. The highest BCUT2D eigenvalue weighted by atomic mass is 35.5. The van der Waals surface area contributed by atoms with Crippen LogP contribution in [0.3, 0.4) is 0 Å². The van der Waals surface area contributed by atoms with E-state index in [2.05, 4.69) is 20.5 Å². The molecule has 0 aliphatic heterocycles. The van der Waals surface area contributed by atoms with Gasteiger partial charge in [-0.15, -0.1) is 10.2 Å². The van der Waals surface area contributed by atoms with Crippen molar-refractivity contribution in [1.29, 1.82) is 0 Å². The largest absolute Gasteiger partial charge is 0.478 e. The van der Waals surface area contributed by atoms with Gasteiger partial charge in [-0.1, -0.05) is 23.2 Å². The quantitative estimate of drug-likeness (QED) is 0.901. The second-order valence-corrected chi connectivity index (χ2v) is 4.31. The zero-order chi connectivity index (χ0) is 13.8. The van der Waals surface area contributed by atoms with Crippen LogP contribution in [-0.4, -0.2) is 26.3 Å². The van der Waals surface area contributed by atoms with Crippen LogP contribution < -0.4 is 5.32 Å². The smallest absolute Gasteiger partial charge is 0.335 e. The molecule has 6 nitrogen and oxygen atoms in total. The predicted molar refractivity (Wildman–Crippen MR) is 70.6 cm³/mol. The normalized spacial score (nSPS) is 10.2. The highest BCUT2D eigenvalue weighted by Gasteiger charge is 2.06. The van der Waals surface area contributed by atoms with Crippen LogP contribution in [0, 0.1) is 0 Å². The van der Waals surface area contributed by atoms with Crippen LogP contribution in [0.1, 0.15) is 16.1 Å². The van der Waals surface area contributed by atoms with Crippen molar-refractivity contribution in [3.8, 4) is 0 Å². The summed E-state index contributed by atoms with van der Waals surface area (Å²) in [6.07, 6.45) is 1.43. The number of rotatable bonds is 4. The van der Waals surface area contributed by atoms with Crippen molar-refractivity contribution in [3.05, 3.63) is 46.0 Å². The lowest BCUT2D eigenvalue weighted by atomic mass is 10.2. The Morgan fingerprint density at radius 3 is 2.84 bits per heavy atom. The van der Waals surface area contributed by atoms with Crippen LogP contribution in [0.2, 0.25) is 10.3 Å². The maximum absolute atomic E-state index is 10.8. The molecule has 0 fully saturated rings. The number of carbonyl (C=O) groups is 1. The minimum atomic E-state index is -1.00. The molecule has 2 heterocycles. The first-order valence-electron chi connectivity index (χ1n) is 5.17. The van der Waals surface area contributed by atoms with E-state index in [1.807, 2.05) is 0 Å². The Labute approximate surface area is 118 Å². The Balaban J connectivity index is 2.12.